The van der Waals surface area contributed by atoms with E-state index >= 15 is 0 Å². The van der Waals surface area contributed by atoms with Gasteiger partial charge in [-0.25, -0.2) is 9.59 Å². The molecule has 11 heteroatoms. The van der Waals surface area contributed by atoms with Gasteiger partial charge in [0, 0.05) is 45.3 Å². The fourth-order valence-electron chi connectivity index (χ4n) is 3.65. The molecule has 0 bridgehead atoms. The van der Waals surface area contributed by atoms with E-state index in [1.54, 1.807) is 39.2 Å². The summed E-state index contributed by atoms with van der Waals surface area (Å²) in [6, 6.07) is 11.5. The number of nitrogens with zero attached hydrogens (tertiary/aromatic N) is 2. The predicted molar refractivity (Wildman–Crippen MR) is 146 cm³/mol. The molecule has 0 aliphatic heterocycles. The molecule has 4 N–H and O–H groups in total. The zero-order valence-electron chi connectivity index (χ0n) is 22.5. The summed E-state index contributed by atoms with van der Waals surface area (Å²) in [7, 11) is 4.68. The second-order valence-electron chi connectivity index (χ2n) is 9.08. The van der Waals surface area contributed by atoms with Gasteiger partial charge in [0.1, 0.15) is 5.75 Å². The number of aliphatic carboxylic acids is 1. The number of carbonyl (C=O) groups is 4. The predicted octanol–water partition coefficient (Wildman–Crippen LogP) is 3.20. The number of urea groups is 2. The molecule has 0 aliphatic rings. The summed E-state index contributed by atoms with van der Waals surface area (Å²) < 4.78 is 5.40. The number of Topliss-reactive ketones (excluding diaryl/α,β-unsaturated/α-hetero) is 1. The number of ketones is 1. The van der Waals surface area contributed by atoms with E-state index in [1.807, 2.05) is 31.2 Å². The first-order valence-corrected chi connectivity index (χ1v) is 12.2. The number of para-hydroxylation sites is 1. The highest BCUT2D eigenvalue weighted by Crippen LogP contribution is 2.26. The number of hydrogen-bond acceptors (Lipinski definition) is 6. The third-order valence-corrected chi connectivity index (χ3v) is 6.01. The summed E-state index contributed by atoms with van der Waals surface area (Å²) in [6.45, 7) is 4.45. The molecule has 2 aromatic carbocycles. The van der Waals surface area contributed by atoms with Gasteiger partial charge in [0.2, 0.25) is 0 Å². The maximum atomic E-state index is 12.5. The Morgan fingerprint density at radius 3 is 2.37 bits per heavy atom. The van der Waals surface area contributed by atoms with Crippen molar-refractivity contribution in [3.8, 4) is 5.75 Å². The van der Waals surface area contributed by atoms with Crippen LogP contribution in [0.15, 0.2) is 42.5 Å². The summed E-state index contributed by atoms with van der Waals surface area (Å²) in [5, 5.41) is 17.5. The van der Waals surface area contributed by atoms with E-state index in [-0.39, 0.29) is 31.2 Å². The molecule has 0 fully saturated rings. The number of benzene rings is 2. The highest BCUT2D eigenvalue weighted by atomic mass is 16.5. The maximum absolute atomic E-state index is 12.5. The fourth-order valence-corrected chi connectivity index (χ4v) is 3.65. The number of carboxylic acids is 1. The van der Waals surface area contributed by atoms with Crippen molar-refractivity contribution >= 4 is 35.2 Å². The van der Waals surface area contributed by atoms with Crippen LogP contribution in [0.3, 0.4) is 0 Å². The second kappa shape index (κ2) is 14.6. The number of aryl methyl sites for hydroxylation is 1. The van der Waals surface area contributed by atoms with E-state index in [0.717, 1.165) is 11.1 Å². The van der Waals surface area contributed by atoms with Crippen LogP contribution in [0.4, 0.5) is 21.0 Å². The molecule has 0 radical (unpaired) electrons. The van der Waals surface area contributed by atoms with Gasteiger partial charge in [0.15, 0.2) is 5.78 Å². The lowest BCUT2D eigenvalue weighted by Gasteiger charge is -2.29. The first kappa shape index (κ1) is 30.1. The van der Waals surface area contributed by atoms with Crippen LogP contribution in [0.5, 0.6) is 5.75 Å². The molecular formula is C27H37N5O6. The fraction of sp³-hybridized carbons (Fsp3) is 0.407. The summed E-state index contributed by atoms with van der Waals surface area (Å²) in [4.78, 5) is 51.0. The Morgan fingerprint density at radius 2 is 1.71 bits per heavy atom. The Balaban J connectivity index is 1.81. The average molecular weight is 528 g/mol. The van der Waals surface area contributed by atoms with Gasteiger partial charge in [-0.3, -0.25) is 9.59 Å². The highest BCUT2D eigenvalue weighted by molar-refractivity contribution is 6.01. The number of carbonyl (C=O) groups excluding carboxylic acids is 3. The molecule has 1 unspecified atom stereocenters. The maximum Gasteiger partial charge on any atom is 0.323 e. The first-order chi connectivity index (χ1) is 18.0. The number of methoxy groups -OCH3 is 1. The molecule has 38 heavy (non-hydrogen) atoms. The van der Waals surface area contributed by atoms with Gasteiger partial charge < -0.3 is 35.6 Å². The lowest BCUT2D eigenvalue weighted by Crippen LogP contribution is -2.46. The number of rotatable bonds is 13. The van der Waals surface area contributed by atoms with Crippen molar-refractivity contribution in [3.63, 3.8) is 0 Å². The number of likely N-dealkylation sites (N-methyl/N-ethyl adjacent to an activating group) is 1. The minimum absolute atomic E-state index is 0.0498. The highest BCUT2D eigenvalue weighted by Gasteiger charge is 2.21. The average Bonchev–Trinajstić information content (AvgIpc) is 2.87. The van der Waals surface area contributed by atoms with Gasteiger partial charge >= 0.3 is 18.0 Å². The lowest BCUT2D eigenvalue weighted by molar-refractivity contribution is -0.138. The van der Waals surface area contributed by atoms with Crippen molar-refractivity contribution in [1.29, 1.82) is 0 Å². The van der Waals surface area contributed by atoms with E-state index < -0.39 is 18.0 Å². The van der Waals surface area contributed by atoms with Crippen molar-refractivity contribution in [2.45, 2.75) is 32.7 Å². The quantitative estimate of drug-likeness (QED) is 0.293. The normalized spacial score (nSPS) is 11.3. The van der Waals surface area contributed by atoms with E-state index in [0.29, 0.717) is 30.2 Å². The summed E-state index contributed by atoms with van der Waals surface area (Å²) in [5.41, 5.74) is 2.85. The summed E-state index contributed by atoms with van der Waals surface area (Å²) in [5.74, 6) is -0.581. The van der Waals surface area contributed by atoms with Crippen LogP contribution >= 0.6 is 0 Å². The van der Waals surface area contributed by atoms with Crippen molar-refractivity contribution < 1.29 is 29.0 Å². The second-order valence-corrected chi connectivity index (χ2v) is 9.08. The Labute approximate surface area is 223 Å². The van der Waals surface area contributed by atoms with Crippen molar-refractivity contribution in [2.24, 2.45) is 0 Å². The van der Waals surface area contributed by atoms with Crippen LogP contribution in [0.25, 0.3) is 0 Å². The Hall–Kier alpha value is -4.12. The molecule has 11 nitrogen and oxygen atoms in total. The zero-order chi connectivity index (χ0) is 28.2. The largest absolute Gasteiger partial charge is 0.495 e. The number of nitrogens with one attached hydrogen (secondary N) is 3. The molecule has 206 valence electrons. The van der Waals surface area contributed by atoms with Crippen LogP contribution in [-0.2, 0) is 16.0 Å². The van der Waals surface area contributed by atoms with Gasteiger partial charge in [0.25, 0.3) is 0 Å². The molecule has 0 aliphatic carbocycles. The number of anilines is 2. The molecule has 0 saturated carbocycles. The number of ether oxygens (including phenoxy) is 1. The monoisotopic (exact) mass is 527 g/mol. The van der Waals surface area contributed by atoms with Gasteiger partial charge in [-0.1, -0.05) is 24.3 Å². The minimum Gasteiger partial charge on any atom is -0.495 e. The zero-order valence-corrected chi connectivity index (χ0v) is 22.5. The van der Waals surface area contributed by atoms with E-state index in [9.17, 15) is 19.2 Å². The van der Waals surface area contributed by atoms with Crippen LogP contribution < -0.4 is 20.7 Å². The summed E-state index contributed by atoms with van der Waals surface area (Å²) >= 11 is 0. The topological polar surface area (TPSA) is 140 Å². The van der Waals surface area contributed by atoms with Crippen molar-refractivity contribution in [3.05, 3.63) is 53.6 Å². The molecule has 0 spiro atoms. The molecule has 0 saturated heterocycles. The van der Waals surface area contributed by atoms with Crippen molar-refractivity contribution in [1.82, 2.24) is 15.1 Å². The Bertz CT molecular complexity index is 1140. The third-order valence-electron chi connectivity index (χ3n) is 6.01. The molecule has 2 aromatic rings. The Morgan fingerprint density at radius 1 is 1.03 bits per heavy atom. The van der Waals surface area contributed by atoms with Gasteiger partial charge in [-0.05, 0) is 43.2 Å². The molecule has 0 aromatic heterocycles. The SMILES string of the molecule is COc1cc(CC(=O)CNCCN(C)C(=O)N(C)C(C)CC(=O)O)ccc1NC(=O)Nc1ccccc1C. The van der Waals surface area contributed by atoms with Crippen LogP contribution in [0.2, 0.25) is 0 Å². The number of carboxylic acid groups (broad SMARTS) is 1. The molecule has 4 amide bonds. The van der Waals surface area contributed by atoms with Gasteiger partial charge in [-0.2, -0.15) is 0 Å². The standard InChI is InChI=1S/C27H37N5O6/c1-18-8-6-7-9-22(18)29-26(36)30-23-11-10-20(16-24(23)38-5)15-21(33)17-28-12-13-31(3)27(37)32(4)19(2)14-25(34)35/h6-11,16,19,28H,12-15,17H2,1-5H3,(H,34,35)(H2,29,30,36). The van der Waals surface area contributed by atoms with Gasteiger partial charge in [-0.15, -0.1) is 0 Å². The lowest BCUT2D eigenvalue weighted by atomic mass is 10.1. The van der Waals surface area contributed by atoms with Crippen LogP contribution in [0.1, 0.15) is 24.5 Å². The molecule has 0 heterocycles. The third kappa shape index (κ3) is 9.40. The smallest absolute Gasteiger partial charge is 0.323 e. The van der Waals surface area contributed by atoms with Gasteiger partial charge in [0.05, 0.1) is 25.8 Å². The molecule has 1 atom stereocenters. The minimum atomic E-state index is -0.966. The van der Waals surface area contributed by atoms with Crippen LogP contribution in [0, 0.1) is 6.92 Å². The molecule has 2 rings (SSSR count). The van der Waals surface area contributed by atoms with E-state index in [2.05, 4.69) is 16.0 Å². The number of hydrogen-bond donors (Lipinski definition) is 4. The summed E-state index contributed by atoms with van der Waals surface area (Å²) in [6.07, 6.45) is 0.0362. The number of amides is 4. The Kier molecular flexibility index (Phi) is 11.5. The first-order valence-electron chi connectivity index (χ1n) is 12.2. The molecular weight excluding hydrogens is 490 g/mol. The van der Waals surface area contributed by atoms with Crippen molar-refractivity contribution in [2.75, 3.05) is 51.5 Å². The van der Waals surface area contributed by atoms with E-state index in [4.69, 9.17) is 9.84 Å². The van der Waals surface area contributed by atoms with E-state index in [1.165, 1.54) is 16.9 Å². The van der Waals surface area contributed by atoms with Crippen LogP contribution in [-0.4, -0.2) is 85.6 Å².